The molecular formula is C21H23NO5. The number of ether oxygens (including phenoxy) is 2. The van der Waals surface area contributed by atoms with Gasteiger partial charge in [-0.1, -0.05) is 17.7 Å². The molecule has 6 nitrogen and oxygen atoms in total. The SMILES string of the molecule is COc1ccnc(C=Cc2cc(OC)c(CC=C(C)C)c(O)c2C(=O)O)c1. The molecule has 0 saturated heterocycles. The summed E-state index contributed by atoms with van der Waals surface area (Å²) in [4.78, 5) is 16.0. The van der Waals surface area contributed by atoms with Crippen LogP contribution in [0.1, 0.15) is 41.0 Å². The van der Waals surface area contributed by atoms with Crippen molar-refractivity contribution in [1.82, 2.24) is 4.98 Å². The summed E-state index contributed by atoms with van der Waals surface area (Å²) < 4.78 is 10.5. The lowest BCUT2D eigenvalue weighted by atomic mass is 9.97. The fraction of sp³-hybridized carbons (Fsp3) is 0.238. The molecule has 1 heterocycles. The quantitative estimate of drug-likeness (QED) is 0.712. The number of phenols is 1. The van der Waals surface area contributed by atoms with E-state index in [4.69, 9.17) is 9.47 Å². The standard InChI is InChI=1S/C21H23NO5/c1-13(2)5-8-17-18(27-4)11-14(19(20(17)23)21(24)25)6-7-15-12-16(26-3)9-10-22-15/h5-7,9-12,23H,8H2,1-4H3,(H,24,25). The Morgan fingerprint density at radius 3 is 2.52 bits per heavy atom. The van der Waals surface area contributed by atoms with E-state index in [0.717, 1.165) is 5.57 Å². The van der Waals surface area contributed by atoms with Gasteiger partial charge in [0.2, 0.25) is 0 Å². The molecule has 2 rings (SSSR count). The molecule has 0 fully saturated rings. The predicted molar refractivity (Wildman–Crippen MR) is 104 cm³/mol. The maximum Gasteiger partial charge on any atom is 0.340 e. The topological polar surface area (TPSA) is 88.9 Å². The third-order valence-corrected chi connectivity index (χ3v) is 3.97. The van der Waals surface area contributed by atoms with Gasteiger partial charge in [-0.2, -0.15) is 0 Å². The number of aromatic carboxylic acids is 1. The lowest BCUT2D eigenvalue weighted by Gasteiger charge is -2.14. The average Bonchev–Trinajstić information content (AvgIpc) is 2.64. The van der Waals surface area contributed by atoms with Crippen molar-refractivity contribution in [2.75, 3.05) is 14.2 Å². The molecule has 0 atom stereocenters. The van der Waals surface area contributed by atoms with E-state index in [1.807, 2.05) is 19.9 Å². The zero-order valence-corrected chi connectivity index (χ0v) is 15.8. The summed E-state index contributed by atoms with van der Waals surface area (Å²) in [5.74, 6) is -0.446. The van der Waals surface area contributed by atoms with Gasteiger partial charge in [0.25, 0.3) is 0 Å². The highest BCUT2D eigenvalue weighted by Gasteiger charge is 2.21. The monoisotopic (exact) mass is 369 g/mol. The fourth-order valence-electron chi connectivity index (χ4n) is 2.57. The van der Waals surface area contributed by atoms with Crippen LogP contribution in [0.3, 0.4) is 0 Å². The van der Waals surface area contributed by atoms with Gasteiger partial charge in [0.05, 0.1) is 19.9 Å². The van der Waals surface area contributed by atoms with Crippen molar-refractivity contribution in [2.45, 2.75) is 20.3 Å². The second kappa shape index (κ2) is 8.89. The van der Waals surface area contributed by atoms with Gasteiger partial charge in [0, 0.05) is 17.8 Å². The summed E-state index contributed by atoms with van der Waals surface area (Å²) in [6, 6.07) is 5.04. The Hall–Kier alpha value is -3.28. The van der Waals surface area contributed by atoms with Crippen molar-refractivity contribution in [3.63, 3.8) is 0 Å². The van der Waals surface area contributed by atoms with Crippen molar-refractivity contribution in [3.05, 3.63) is 58.4 Å². The third-order valence-electron chi connectivity index (χ3n) is 3.97. The second-order valence-corrected chi connectivity index (χ2v) is 6.11. The number of benzene rings is 1. The number of pyridine rings is 1. The first-order chi connectivity index (χ1) is 12.9. The van der Waals surface area contributed by atoms with E-state index >= 15 is 0 Å². The number of carboxylic acid groups (broad SMARTS) is 1. The number of carboxylic acids is 1. The van der Waals surface area contributed by atoms with Gasteiger partial charge in [-0.15, -0.1) is 0 Å². The van der Waals surface area contributed by atoms with E-state index in [2.05, 4.69) is 4.98 Å². The summed E-state index contributed by atoms with van der Waals surface area (Å²) >= 11 is 0. The number of carbonyl (C=O) groups is 1. The van der Waals surface area contributed by atoms with Crippen LogP contribution in [0.4, 0.5) is 0 Å². The highest BCUT2D eigenvalue weighted by Crippen LogP contribution is 2.36. The molecule has 0 amide bonds. The molecule has 27 heavy (non-hydrogen) atoms. The molecule has 2 aromatic rings. The summed E-state index contributed by atoms with van der Waals surface area (Å²) in [6.45, 7) is 3.86. The van der Waals surface area contributed by atoms with E-state index in [1.54, 1.807) is 43.7 Å². The number of allylic oxidation sites excluding steroid dienone is 2. The van der Waals surface area contributed by atoms with Crippen molar-refractivity contribution >= 4 is 18.1 Å². The van der Waals surface area contributed by atoms with E-state index in [1.165, 1.54) is 7.11 Å². The van der Waals surface area contributed by atoms with Crippen LogP contribution in [-0.2, 0) is 6.42 Å². The molecule has 0 aliphatic rings. The molecule has 6 heteroatoms. The largest absolute Gasteiger partial charge is 0.507 e. The first-order valence-corrected chi connectivity index (χ1v) is 8.35. The average molecular weight is 369 g/mol. The Bertz CT molecular complexity index is 896. The normalized spacial score (nSPS) is 10.7. The first-order valence-electron chi connectivity index (χ1n) is 8.35. The van der Waals surface area contributed by atoms with Crippen LogP contribution in [0.2, 0.25) is 0 Å². The maximum absolute atomic E-state index is 11.8. The van der Waals surface area contributed by atoms with Gasteiger partial charge in [-0.25, -0.2) is 4.79 Å². The number of nitrogens with zero attached hydrogens (tertiary/aromatic N) is 1. The number of aromatic hydroxyl groups is 1. The Morgan fingerprint density at radius 2 is 1.93 bits per heavy atom. The Kier molecular flexibility index (Phi) is 6.60. The van der Waals surface area contributed by atoms with Crippen molar-refractivity contribution in [1.29, 1.82) is 0 Å². The van der Waals surface area contributed by atoms with Crippen molar-refractivity contribution in [2.24, 2.45) is 0 Å². The van der Waals surface area contributed by atoms with Gasteiger partial charge in [0.1, 0.15) is 22.8 Å². The predicted octanol–water partition coefficient (Wildman–Crippen LogP) is 4.18. The van der Waals surface area contributed by atoms with Gasteiger partial charge in [-0.3, -0.25) is 4.98 Å². The summed E-state index contributed by atoms with van der Waals surface area (Å²) in [7, 11) is 3.04. The van der Waals surface area contributed by atoms with Gasteiger partial charge in [-0.05, 0) is 44.0 Å². The fourth-order valence-corrected chi connectivity index (χ4v) is 2.57. The molecule has 0 bridgehead atoms. The molecule has 0 saturated carbocycles. The van der Waals surface area contributed by atoms with Crippen LogP contribution >= 0.6 is 0 Å². The highest BCUT2D eigenvalue weighted by atomic mass is 16.5. The summed E-state index contributed by atoms with van der Waals surface area (Å²) in [5, 5.41) is 20.2. The van der Waals surface area contributed by atoms with Crippen LogP contribution in [0.25, 0.3) is 12.2 Å². The van der Waals surface area contributed by atoms with Crippen molar-refractivity contribution < 1.29 is 24.5 Å². The molecule has 0 aliphatic heterocycles. The minimum Gasteiger partial charge on any atom is -0.507 e. The molecule has 142 valence electrons. The molecule has 0 spiro atoms. The van der Waals surface area contributed by atoms with E-state index < -0.39 is 5.97 Å². The van der Waals surface area contributed by atoms with Crippen LogP contribution < -0.4 is 9.47 Å². The van der Waals surface area contributed by atoms with Crippen LogP contribution in [-0.4, -0.2) is 35.4 Å². The molecule has 1 aromatic carbocycles. The lowest BCUT2D eigenvalue weighted by Crippen LogP contribution is -2.04. The number of rotatable bonds is 7. The zero-order chi connectivity index (χ0) is 20.0. The molecule has 1 aromatic heterocycles. The first kappa shape index (κ1) is 20.0. The minimum atomic E-state index is -1.22. The highest BCUT2D eigenvalue weighted by molar-refractivity contribution is 5.97. The molecule has 0 unspecified atom stereocenters. The number of methoxy groups -OCH3 is 2. The smallest absolute Gasteiger partial charge is 0.340 e. The van der Waals surface area contributed by atoms with Crippen LogP contribution in [0.5, 0.6) is 17.2 Å². The second-order valence-electron chi connectivity index (χ2n) is 6.11. The number of hydrogen-bond acceptors (Lipinski definition) is 5. The number of hydrogen-bond donors (Lipinski definition) is 2. The molecule has 2 N–H and O–H groups in total. The Balaban J connectivity index is 2.54. The third kappa shape index (κ3) is 4.88. The van der Waals surface area contributed by atoms with Crippen molar-refractivity contribution in [3.8, 4) is 17.2 Å². The van der Waals surface area contributed by atoms with E-state index in [0.29, 0.717) is 34.7 Å². The van der Waals surface area contributed by atoms with Gasteiger partial charge in [0.15, 0.2) is 0 Å². The summed E-state index contributed by atoms with van der Waals surface area (Å²) in [5.41, 5.74) is 2.24. The van der Waals surface area contributed by atoms with Crippen LogP contribution in [0.15, 0.2) is 36.0 Å². The van der Waals surface area contributed by atoms with Gasteiger partial charge < -0.3 is 19.7 Å². The van der Waals surface area contributed by atoms with E-state index in [-0.39, 0.29) is 11.3 Å². The summed E-state index contributed by atoms with van der Waals surface area (Å²) in [6.07, 6.45) is 7.10. The Labute approximate surface area is 158 Å². The maximum atomic E-state index is 11.8. The van der Waals surface area contributed by atoms with E-state index in [9.17, 15) is 15.0 Å². The molecular weight excluding hydrogens is 346 g/mol. The molecule has 0 aliphatic carbocycles. The van der Waals surface area contributed by atoms with Crippen LogP contribution in [0, 0.1) is 0 Å². The molecule has 0 radical (unpaired) electrons. The van der Waals surface area contributed by atoms with Gasteiger partial charge >= 0.3 is 5.97 Å². The zero-order valence-electron chi connectivity index (χ0n) is 15.8. The minimum absolute atomic E-state index is 0.174. The Morgan fingerprint density at radius 1 is 1.19 bits per heavy atom. The number of aromatic nitrogens is 1. The lowest BCUT2D eigenvalue weighted by molar-refractivity contribution is 0.0693.